The summed E-state index contributed by atoms with van der Waals surface area (Å²) in [6, 6.07) is 8.44. The van der Waals surface area contributed by atoms with Crippen LogP contribution in [0.1, 0.15) is 63.2 Å². The number of alkyl halides is 3. The first kappa shape index (κ1) is 37.6. The molecule has 4 amide bonds. The van der Waals surface area contributed by atoms with Gasteiger partial charge in [-0.1, -0.05) is 6.92 Å². The van der Waals surface area contributed by atoms with E-state index in [9.17, 15) is 32.7 Å². The molecule has 4 rings (SSSR count). The first-order valence-corrected chi connectivity index (χ1v) is 16.4. The normalized spacial score (nSPS) is 20.8. The van der Waals surface area contributed by atoms with Gasteiger partial charge in [0.25, 0.3) is 5.91 Å². The van der Waals surface area contributed by atoms with Crippen LogP contribution in [0.15, 0.2) is 36.4 Å². The molecule has 0 unspecified atom stereocenters. The van der Waals surface area contributed by atoms with Crippen molar-refractivity contribution >= 4 is 29.2 Å². The predicted molar refractivity (Wildman–Crippen MR) is 175 cm³/mol. The highest BCUT2D eigenvalue weighted by atomic mass is 19.4. The Morgan fingerprint density at radius 3 is 2.45 bits per heavy atom. The first-order valence-electron chi connectivity index (χ1n) is 16.4. The summed E-state index contributed by atoms with van der Waals surface area (Å²) < 4.78 is 61.2. The van der Waals surface area contributed by atoms with Gasteiger partial charge in [0.1, 0.15) is 5.75 Å². The largest absolute Gasteiger partial charge is 0.490 e. The molecule has 0 aromatic heterocycles. The van der Waals surface area contributed by atoms with Gasteiger partial charge in [-0.05, 0) is 63.4 Å². The van der Waals surface area contributed by atoms with Crippen LogP contribution in [0, 0.1) is 5.92 Å². The summed E-state index contributed by atoms with van der Waals surface area (Å²) >= 11 is 0. The maximum absolute atomic E-state index is 14.2. The number of carbonyl (C=O) groups excluding carboxylic acids is 3. The lowest BCUT2D eigenvalue weighted by molar-refractivity contribution is -0.142. The molecule has 270 valence electrons. The van der Waals surface area contributed by atoms with Crippen LogP contribution in [-0.4, -0.2) is 97.3 Å². The maximum Gasteiger partial charge on any atom is 0.389 e. The van der Waals surface area contributed by atoms with Crippen molar-refractivity contribution in [1.29, 1.82) is 0 Å². The van der Waals surface area contributed by atoms with Crippen LogP contribution in [-0.2, 0) is 9.53 Å². The monoisotopic (exact) mass is 694 g/mol. The van der Waals surface area contributed by atoms with E-state index in [0.717, 1.165) is 12.8 Å². The topological polar surface area (TPSA) is 139 Å². The summed E-state index contributed by atoms with van der Waals surface area (Å²) in [6.07, 6.45) is -5.21. The highest BCUT2D eigenvalue weighted by molar-refractivity contribution is 5.99. The third-order valence-corrected chi connectivity index (χ3v) is 8.40. The van der Waals surface area contributed by atoms with E-state index < -0.39 is 43.0 Å². The minimum Gasteiger partial charge on any atom is -0.490 e. The minimum absolute atomic E-state index is 0.0859. The number of urea groups is 1. The minimum atomic E-state index is -4.49. The average Bonchev–Trinajstić information content (AvgIpc) is 3.52. The van der Waals surface area contributed by atoms with Gasteiger partial charge in [-0.2, -0.15) is 13.2 Å². The zero-order valence-corrected chi connectivity index (χ0v) is 28.2. The van der Waals surface area contributed by atoms with Crippen LogP contribution in [0.2, 0.25) is 0 Å². The second kappa shape index (κ2) is 16.9. The summed E-state index contributed by atoms with van der Waals surface area (Å²) in [5, 5.41) is 15.4. The highest BCUT2D eigenvalue weighted by Gasteiger charge is 2.32. The van der Waals surface area contributed by atoms with E-state index in [4.69, 9.17) is 18.9 Å². The molecular weight excluding hydrogens is 649 g/mol. The Bertz CT molecular complexity index is 1460. The Balaban J connectivity index is 1.55. The van der Waals surface area contributed by atoms with Crippen molar-refractivity contribution < 1.29 is 51.6 Å². The lowest BCUT2D eigenvalue weighted by atomic mass is 10.0. The summed E-state index contributed by atoms with van der Waals surface area (Å²) in [7, 11) is 1.64. The molecule has 15 heteroatoms. The molecule has 0 radical (unpaired) electrons. The SMILES string of the molecule is C[C@@H]1CCCCO[C@H](CN(C)C(=O)Nc2ccc3c(c2)OCO3)[C@@H](C)CN([C@@H](C)CO)C(=O)c2cc(NC(=O)CCC(F)(F)F)ccc2O1. The first-order chi connectivity index (χ1) is 23.2. The van der Waals surface area contributed by atoms with Crippen LogP contribution < -0.4 is 24.8 Å². The Kier molecular flexibility index (Phi) is 13.0. The van der Waals surface area contributed by atoms with E-state index in [-0.39, 0.29) is 61.5 Å². The summed E-state index contributed by atoms with van der Waals surface area (Å²) in [5.74, 6) is -0.306. The molecule has 0 saturated heterocycles. The van der Waals surface area contributed by atoms with Crippen LogP contribution >= 0.6 is 0 Å². The van der Waals surface area contributed by atoms with E-state index in [0.29, 0.717) is 30.2 Å². The second-order valence-corrected chi connectivity index (χ2v) is 12.6. The van der Waals surface area contributed by atoms with Crippen LogP contribution in [0.25, 0.3) is 0 Å². The Morgan fingerprint density at radius 2 is 1.73 bits per heavy atom. The molecular formula is C34H45F3N4O8. The number of carbonyl (C=O) groups is 3. The van der Waals surface area contributed by atoms with Gasteiger partial charge in [-0.25, -0.2) is 4.79 Å². The van der Waals surface area contributed by atoms with Crippen LogP contribution in [0.5, 0.6) is 17.2 Å². The molecule has 0 aliphatic carbocycles. The van der Waals surface area contributed by atoms with E-state index >= 15 is 0 Å². The van der Waals surface area contributed by atoms with Gasteiger partial charge in [0.05, 0.1) is 36.8 Å². The molecule has 49 heavy (non-hydrogen) atoms. The van der Waals surface area contributed by atoms with Crippen molar-refractivity contribution in [3.8, 4) is 17.2 Å². The van der Waals surface area contributed by atoms with Crippen molar-refractivity contribution in [1.82, 2.24) is 9.80 Å². The fraction of sp³-hybridized carbons (Fsp3) is 0.559. The van der Waals surface area contributed by atoms with Crippen molar-refractivity contribution in [2.75, 3.05) is 50.8 Å². The number of halogens is 3. The molecule has 12 nitrogen and oxygen atoms in total. The number of ether oxygens (including phenoxy) is 4. The molecule has 0 spiro atoms. The standard InChI is InChI=1S/C34H45F3N4O8/c1-21-17-41(22(2)19-42)32(44)26-15-24(38-31(43)12-13-34(35,36)37)8-10-27(26)49-23(3)7-5-6-14-46-30(21)18-40(4)33(45)39-25-9-11-28-29(16-25)48-20-47-28/h8-11,15-16,21-23,30,42H,5-7,12-14,17-20H2,1-4H3,(H,38,43)(H,39,45)/t21-,22-,23+,30+/m0/s1. The molecule has 2 heterocycles. The van der Waals surface area contributed by atoms with Crippen molar-refractivity contribution in [3.05, 3.63) is 42.0 Å². The number of benzene rings is 2. The van der Waals surface area contributed by atoms with Gasteiger partial charge in [-0.3, -0.25) is 9.59 Å². The van der Waals surface area contributed by atoms with E-state index in [1.54, 1.807) is 32.2 Å². The van der Waals surface area contributed by atoms with E-state index in [2.05, 4.69) is 10.6 Å². The smallest absolute Gasteiger partial charge is 0.389 e. The number of nitrogens with zero attached hydrogens (tertiary/aromatic N) is 2. The fourth-order valence-electron chi connectivity index (χ4n) is 5.49. The van der Waals surface area contributed by atoms with E-state index in [1.165, 1.54) is 28.0 Å². The lowest BCUT2D eigenvalue weighted by Crippen LogP contribution is -2.48. The number of fused-ring (bicyclic) bond motifs is 2. The van der Waals surface area contributed by atoms with Gasteiger partial charge >= 0.3 is 12.2 Å². The van der Waals surface area contributed by atoms with Gasteiger partial charge in [0.15, 0.2) is 11.5 Å². The molecule has 2 aromatic rings. The van der Waals surface area contributed by atoms with Crippen molar-refractivity contribution in [2.24, 2.45) is 5.92 Å². The quantitative estimate of drug-likeness (QED) is 0.322. The summed E-state index contributed by atoms with van der Waals surface area (Å²) in [6.45, 7) is 5.91. The van der Waals surface area contributed by atoms with Gasteiger partial charge in [0, 0.05) is 56.5 Å². The summed E-state index contributed by atoms with van der Waals surface area (Å²) in [4.78, 5) is 42.7. The predicted octanol–water partition coefficient (Wildman–Crippen LogP) is 5.66. The Hall–Kier alpha value is -4.24. The number of nitrogens with one attached hydrogen (secondary N) is 2. The molecule has 0 saturated carbocycles. The Morgan fingerprint density at radius 1 is 1.04 bits per heavy atom. The van der Waals surface area contributed by atoms with Crippen LogP contribution in [0.3, 0.4) is 0 Å². The van der Waals surface area contributed by atoms with Gasteiger partial charge in [-0.15, -0.1) is 0 Å². The molecule has 0 bridgehead atoms. The van der Waals surface area contributed by atoms with Gasteiger partial charge in [0.2, 0.25) is 12.7 Å². The number of aliphatic hydroxyl groups excluding tert-OH is 1. The van der Waals surface area contributed by atoms with Crippen molar-refractivity contribution in [3.63, 3.8) is 0 Å². The molecule has 0 fully saturated rings. The molecule has 2 aromatic carbocycles. The number of hydrogen-bond donors (Lipinski definition) is 3. The average molecular weight is 695 g/mol. The zero-order valence-electron chi connectivity index (χ0n) is 28.2. The maximum atomic E-state index is 14.2. The third-order valence-electron chi connectivity index (χ3n) is 8.40. The molecule has 3 N–H and O–H groups in total. The zero-order chi connectivity index (χ0) is 35.7. The number of anilines is 2. The third kappa shape index (κ3) is 10.9. The highest BCUT2D eigenvalue weighted by Crippen LogP contribution is 2.34. The molecule has 2 aliphatic heterocycles. The molecule has 4 atom stereocenters. The number of amides is 4. The number of likely N-dealkylation sites (N-methyl/N-ethyl adjacent to an activating group) is 1. The van der Waals surface area contributed by atoms with Crippen molar-refractivity contribution in [2.45, 2.75) is 77.3 Å². The lowest BCUT2D eigenvalue weighted by Gasteiger charge is -2.35. The number of rotatable bonds is 8. The Labute approximate surface area is 283 Å². The second-order valence-electron chi connectivity index (χ2n) is 12.6. The molecule has 2 aliphatic rings. The van der Waals surface area contributed by atoms with Gasteiger partial charge < -0.3 is 44.5 Å². The van der Waals surface area contributed by atoms with E-state index in [1.807, 2.05) is 13.8 Å². The fourth-order valence-corrected chi connectivity index (χ4v) is 5.49. The number of aliphatic hydroxyl groups is 1. The summed E-state index contributed by atoms with van der Waals surface area (Å²) in [5.41, 5.74) is 0.751. The van der Waals surface area contributed by atoms with Crippen LogP contribution in [0.4, 0.5) is 29.3 Å². The number of hydrogen-bond acceptors (Lipinski definition) is 8.